The molecule has 3 heteroatoms. The van der Waals surface area contributed by atoms with E-state index in [1.807, 2.05) is 12.1 Å². The van der Waals surface area contributed by atoms with E-state index < -0.39 is 0 Å². The lowest BCUT2D eigenvalue weighted by Gasteiger charge is -2.03. The molecule has 70 valence electrons. The van der Waals surface area contributed by atoms with Crippen molar-refractivity contribution in [2.45, 2.75) is 12.3 Å². The zero-order valence-electron chi connectivity index (χ0n) is 7.20. The van der Waals surface area contributed by atoms with E-state index in [-0.39, 0.29) is 0 Å². The zero-order valence-corrected chi connectivity index (χ0v) is 8.79. The molecule has 1 fully saturated rings. The van der Waals surface area contributed by atoms with E-state index in [1.165, 1.54) is 0 Å². The van der Waals surface area contributed by atoms with Crippen molar-refractivity contribution in [1.29, 1.82) is 0 Å². The number of aromatic hydroxyl groups is 1. The van der Waals surface area contributed by atoms with Crippen LogP contribution >= 0.6 is 15.9 Å². The van der Waals surface area contributed by atoms with E-state index in [0.29, 0.717) is 17.6 Å². The molecule has 0 bridgehead atoms. The number of halogens is 1. The van der Waals surface area contributed by atoms with Crippen molar-refractivity contribution in [3.8, 4) is 5.75 Å². The van der Waals surface area contributed by atoms with Crippen LogP contribution in [0, 0.1) is 5.92 Å². The first kappa shape index (κ1) is 9.03. The van der Waals surface area contributed by atoms with Crippen LogP contribution in [0.4, 0.5) is 0 Å². The van der Waals surface area contributed by atoms with Crippen LogP contribution in [0.3, 0.4) is 0 Å². The average Bonchev–Trinajstić information content (AvgIpc) is 2.83. The van der Waals surface area contributed by atoms with E-state index >= 15 is 0 Å². The van der Waals surface area contributed by atoms with Gasteiger partial charge in [0.05, 0.1) is 0 Å². The maximum Gasteiger partial charge on any atom is 0.120 e. The van der Waals surface area contributed by atoms with Crippen LogP contribution in [0.5, 0.6) is 5.75 Å². The Bertz CT molecular complexity index is 327. The van der Waals surface area contributed by atoms with Crippen molar-refractivity contribution >= 4 is 15.9 Å². The second-order valence-electron chi connectivity index (χ2n) is 3.54. The number of hydrogen-bond acceptors (Lipinski definition) is 2. The molecule has 0 heterocycles. The van der Waals surface area contributed by atoms with Crippen LogP contribution < -0.4 is 5.73 Å². The monoisotopic (exact) mass is 241 g/mol. The highest BCUT2D eigenvalue weighted by Crippen LogP contribution is 2.49. The summed E-state index contributed by atoms with van der Waals surface area (Å²) >= 11 is 3.31. The normalized spacial score (nSPS) is 26.0. The second-order valence-corrected chi connectivity index (χ2v) is 4.46. The Morgan fingerprint density at radius 2 is 2.31 bits per heavy atom. The van der Waals surface area contributed by atoms with Gasteiger partial charge in [0.15, 0.2) is 0 Å². The van der Waals surface area contributed by atoms with Gasteiger partial charge in [0, 0.05) is 4.47 Å². The molecule has 1 aliphatic rings. The molecule has 0 amide bonds. The molecule has 13 heavy (non-hydrogen) atoms. The summed E-state index contributed by atoms with van der Waals surface area (Å²) in [5.74, 6) is 1.44. The highest BCUT2D eigenvalue weighted by Gasteiger charge is 2.38. The van der Waals surface area contributed by atoms with Gasteiger partial charge in [-0.05, 0) is 42.5 Å². The smallest absolute Gasteiger partial charge is 0.120 e. The van der Waals surface area contributed by atoms with Gasteiger partial charge >= 0.3 is 0 Å². The standard InChI is InChI=1S/C10H12BrNO/c11-7-1-2-8(10(13)4-7)9-3-6(9)5-12/h1-2,4,6,9,13H,3,5,12H2/t6-,9+/m0/s1. The fourth-order valence-corrected chi connectivity index (χ4v) is 2.07. The Morgan fingerprint density at radius 1 is 1.54 bits per heavy atom. The number of nitrogens with two attached hydrogens (primary N) is 1. The van der Waals surface area contributed by atoms with Gasteiger partial charge in [0.1, 0.15) is 5.75 Å². The van der Waals surface area contributed by atoms with E-state index in [0.717, 1.165) is 23.0 Å². The van der Waals surface area contributed by atoms with Crippen LogP contribution in [-0.4, -0.2) is 11.7 Å². The van der Waals surface area contributed by atoms with Crippen molar-refractivity contribution in [3.05, 3.63) is 28.2 Å². The number of rotatable bonds is 2. The van der Waals surface area contributed by atoms with Gasteiger partial charge in [-0.1, -0.05) is 22.0 Å². The van der Waals surface area contributed by atoms with E-state index in [1.54, 1.807) is 6.07 Å². The summed E-state index contributed by atoms with van der Waals surface area (Å²) in [4.78, 5) is 0. The van der Waals surface area contributed by atoms with Crippen molar-refractivity contribution in [2.24, 2.45) is 11.7 Å². The van der Waals surface area contributed by atoms with Crippen molar-refractivity contribution in [1.82, 2.24) is 0 Å². The summed E-state index contributed by atoms with van der Waals surface area (Å²) in [6.07, 6.45) is 1.12. The van der Waals surface area contributed by atoms with Crippen LogP contribution in [-0.2, 0) is 0 Å². The van der Waals surface area contributed by atoms with E-state index in [2.05, 4.69) is 15.9 Å². The Hall–Kier alpha value is -0.540. The summed E-state index contributed by atoms with van der Waals surface area (Å²) < 4.78 is 0.915. The molecule has 3 N–H and O–H groups in total. The molecule has 0 aromatic heterocycles. The first-order valence-corrected chi connectivity index (χ1v) is 5.20. The van der Waals surface area contributed by atoms with Crippen molar-refractivity contribution in [3.63, 3.8) is 0 Å². The van der Waals surface area contributed by atoms with E-state index in [9.17, 15) is 5.11 Å². The molecule has 1 aromatic carbocycles. The Labute approximate surface area is 85.9 Å². The summed E-state index contributed by atoms with van der Waals surface area (Å²) in [6, 6.07) is 5.67. The van der Waals surface area contributed by atoms with Crippen molar-refractivity contribution < 1.29 is 5.11 Å². The maximum absolute atomic E-state index is 9.64. The molecular weight excluding hydrogens is 230 g/mol. The predicted octanol–water partition coefficient (Wildman–Crippen LogP) is 2.22. The van der Waals surface area contributed by atoms with Gasteiger partial charge < -0.3 is 10.8 Å². The number of hydrogen-bond donors (Lipinski definition) is 2. The number of phenolic OH excluding ortho intramolecular Hbond substituents is 1. The summed E-state index contributed by atoms with van der Waals surface area (Å²) in [6.45, 7) is 0.722. The van der Waals surface area contributed by atoms with Crippen LogP contribution in [0.1, 0.15) is 17.9 Å². The third kappa shape index (κ3) is 1.71. The van der Waals surface area contributed by atoms with Gasteiger partial charge in [0.2, 0.25) is 0 Å². The first-order chi connectivity index (χ1) is 6.22. The Kier molecular flexibility index (Phi) is 2.30. The van der Waals surface area contributed by atoms with Gasteiger partial charge in [-0.15, -0.1) is 0 Å². The fourth-order valence-electron chi connectivity index (χ4n) is 1.72. The fraction of sp³-hybridized carbons (Fsp3) is 0.400. The lowest BCUT2D eigenvalue weighted by Crippen LogP contribution is -2.01. The topological polar surface area (TPSA) is 46.2 Å². The largest absolute Gasteiger partial charge is 0.508 e. The zero-order chi connectivity index (χ0) is 9.42. The minimum absolute atomic E-state index is 0.385. The maximum atomic E-state index is 9.64. The third-order valence-corrected chi connectivity index (χ3v) is 3.11. The number of phenols is 1. The summed E-state index contributed by atoms with van der Waals surface area (Å²) in [5, 5.41) is 9.64. The molecular formula is C10H12BrNO. The molecule has 1 aromatic rings. The molecule has 0 radical (unpaired) electrons. The third-order valence-electron chi connectivity index (χ3n) is 2.62. The van der Waals surface area contributed by atoms with Gasteiger partial charge in [0.25, 0.3) is 0 Å². The van der Waals surface area contributed by atoms with Crippen molar-refractivity contribution in [2.75, 3.05) is 6.54 Å². The van der Waals surface area contributed by atoms with Gasteiger partial charge in [-0.3, -0.25) is 0 Å². The minimum Gasteiger partial charge on any atom is -0.508 e. The second kappa shape index (κ2) is 3.31. The van der Waals surface area contributed by atoms with Gasteiger partial charge in [-0.2, -0.15) is 0 Å². The first-order valence-electron chi connectivity index (χ1n) is 4.41. The lowest BCUT2D eigenvalue weighted by molar-refractivity contribution is 0.467. The number of benzene rings is 1. The Morgan fingerprint density at radius 3 is 2.85 bits per heavy atom. The Balaban J connectivity index is 2.22. The molecule has 0 aliphatic heterocycles. The molecule has 1 saturated carbocycles. The minimum atomic E-state index is 0.385. The quantitative estimate of drug-likeness (QED) is 0.835. The molecule has 0 unspecified atom stereocenters. The molecule has 0 spiro atoms. The highest BCUT2D eigenvalue weighted by atomic mass is 79.9. The molecule has 2 atom stereocenters. The molecule has 2 rings (SSSR count). The van der Waals surface area contributed by atoms with E-state index in [4.69, 9.17) is 5.73 Å². The molecule has 1 aliphatic carbocycles. The van der Waals surface area contributed by atoms with Gasteiger partial charge in [-0.25, -0.2) is 0 Å². The van der Waals surface area contributed by atoms with Crippen LogP contribution in [0.15, 0.2) is 22.7 Å². The van der Waals surface area contributed by atoms with Crippen LogP contribution in [0.25, 0.3) is 0 Å². The SMILES string of the molecule is NC[C@@H]1C[C@H]1c1ccc(Br)cc1O. The molecule has 0 saturated heterocycles. The lowest BCUT2D eigenvalue weighted by atomic mass is 10.1. The molecule has 2 nitrogen and oxygen atoms in total. The van der Waals surface area contributed by atoms with Crippen LogP contribution in [0.2, 0.25) is 0 Å². The average molecular weight is 242 g/mol. The summed E-state index contributed by atoms with van der Waals surface area (Å²) in [7, 11) is 0. The highest BCUT2D eigenvalue weighted by molar-refractivity contribution is 9.10. The predicted molar refractivity (Wildman–Crippen MR) is 55.7 cm³/mol. The summed E-state index contributed by atoms with van der Waals surface area (Å²) in [5.41, 5.74) is 6.59.